The number of nitrogens with zero attached hydrogens (tertiary/aromatic N) is 1. The van der Waals surface area contributed by atoms with Gasteiger partial charge in [0.15, 0.2) is 0 Å². The number of hydrogen-bond acceptors (Lipinski definition) is 3. The number of rotatable bonds is 2. The Balaban J connectivity index is 2.01. The molecule has 0 amide bonds. The van der Waals surface area contributed by atoms with Crippen LogP contribution in [0.1, 0.15) is 39.0 Å². The van der Waals surface area contributed by atoms with Crippen LogP contribution in [0, 0.1) is 16.7 Å². The Bertz CT molecular complexity index is 255. The van der Waals surface area contributed by atoms with Crippen LogP contribution in [0.3, 0.4) is 0 Å². The van der Waals surface area contributed by atoms with Gasteiger partial charge in [-0.2, -0.15) is 5.26 Å². The van der Waals surface area contributed by atoms with Gasteiger partial charge in [0.2, 0.25) is 0 Å². The van der Waals surface area contributed by atoms with Gasteiger partial charge in [0.05, 0.1) is 29.8 Å². The molecule has 0 radical (unpaired) electrons. The molecule has 1 heterocycles. The highest BCUT2D eigenvalue weighted by Crippen LogP contribution is 2.46. The summed E-state index contributed by atoms with van der Waals surface area (Å²) in [5.74, 6) is 0. The van der Waals surface area contributed by atoms with Gasteiger partial charge in [-0.25, -0.2) is 0 Å². The van der Waals surface area contributed by atoms with E-state index >= 15 is 0 Å². The molecule has 0 spiro atoms. The Hall–Kier alpha value is -0.590. The molecular formula is C11H17NO2. The summed E-state index contributed by atoms with van der Waals surface area (Å²) in [7, 11) is 0. The molecule has 0 aromatic rings. The van der Waals surface area contributed by atoms with Crippen molar-refractivity contribution in [2.24, 2.45) is 5.41 Å². The highest BCUT2D eigenvalue weighted by molar-refractivity contribution is 5.11. The Morgan fingerprint density at radius 2 is 2.21 bits per heavy atom. The average molecular weight is 195 g/mol. The largest absolute Gasteiger partial charge is 0.389 e. The molecule has 1 aliphatic heterocycles. The molecule has 1 saturated heterocycles. The van der Waals surface area contributed by atoms with Gasteiger partial charge < -0.3 is 9.84 Å². The molecule has 1 N–H and O–H groups in total. The molecule has 14 heavy (non-hydrogen) atoms. The summed E-state index contributed by atoms with van der Waals surface area (Å²) in [6.07, 6.45) is 4.18. The topological polar surface area (TPSA) is 53.2 Å². The summed E-state index contributed by atoms with van der Waals surface area (Å²) in [4.78, 5) is 0. The van der Waals surface area contributed by atoms with Gasteiger partial charge in [0.1, 0.15) is 0 Å². The Labute approximate surface area is 84.7 Å². The Morgan fingerprint density at radius 3 is 2.57 bits per heavy atom. The van der Waals surface area contributed by atoms with Crippen molar-refractivity contribution in [2.45, 2.75) is 57.3 Å². The van der Waals surface area contributed by atoms with E-state index in [4.69, 9.17) is 10.00 Å². The number of aliphatic hydroxyl groups is 1. The molecule has 2 fully saturated rings. The van der Waals surface area contributed by atoms with Crippen LogP contribution >= 0.6 is 0 Å². The number of hydrogen-bond donors (Lipinski definition) is 1. The average Bonchev–Trinajstić information content (AvgIpc) is 2.50. The van der Waals surface area contributed by atoms with E-state index in [1.54, 1.807) is 0 Å². The summed E-state index contributed by atoms with van der Waals surface area (Å²) >= 11 is 0. The molecule has 2 rings (SSSR count). The van der Waals surface area contributed by atoms with Gasteiger partial charge in [-0.15, -0.1) is 0 Å². The molecule has 3 heteroatoms. The first-order valence-corrected chi connectivity index (χ1v) is 5.43. The Morgan fingerprint density at radius 1 is 1.50 bits per heavy atom. The third-order valence-corrected chi connectivity index (χ3v) is 3.65. The van der Waals surface area contributed by atoms with Crippen molar-refractivity contribution in [3.63, 3.8) is 0 Å². The first-order valence-electron chi connectivity index (χ1n) is 5.43. The van der Waals surface area contributed by atoms with Gasteiger partial charge in [-0.05, 0) is 32.6 Å². The molecule has 1 saturated carbocycles. The minimum atomic E-state index is -0.578. The molecule has 0 aromatic carbocycles. The predicted octanol–water partition coefficient (Wildman–Crippen LogP) is 1.61. The SMILES string of the molecule is CC1CCC(C(O)C2(C#N)CCC2)O1. The van der Waals surface area contributed by atoms with Gasteiger partial charge in [-0.3, -0.25) is 0 Å². The first-order chi connectivity index (χ1) is 6.68. The molecule has 2 aliphatic rings. The molecule has 0 aromatic heterocycles. The molecule has 0 bridgehead atoms. The van der Waals surface area contributed by atoms with Gasteiger partial charge >= 0.3 is 0 Å². The van der Waals surface area contributed by atoms with E-state index in [0.29, 0.717) is 0 Å². The molecule has 3 nitrogen and oxygen atoms in total. The Kier molecular flexibility index (Phi) is 2.50. The molecular weight excluding hydrogens is 178 g/mol. The first kappa shape index (κ1) is 9.95. The van der Waals surface area contributed by atoms with E-state index in [9.17, 15) is 5.11 Å². The van der Waals surface area contributed by atoms with E-state index in [1.165, 1.54) is 0 Å². The predicted molar refractivity (Wildman–Crippen MR) is 51.5 cm³/mol. The molecule has 78 valence electrons. The zero-order valence-corrected chi connectivity index (χ0v) is 8.57. The molecule has 3 atom stereocenters. The maximum atomic E-state index is 10.1. The minimum absolute atomic E-state index is 0.107. The standard InChI is InChI=1S/C11H17NO2/c1-8-3-4-9(14-8)10(13)11(7-12)5-2-6-11/h8-10,13H,2-6H2,1H3. The van der Waals surface area contributed by atoms with Crippen LogP contribution in [0.5, 0.6) is 0 Å². The second kappa shape index (κ2) is 3.52. The summed E-state index contributed by atoms with van der Waals surface area (Å²) in [6, 6.07) is 2.28. The maximum Gasteiger partial charge on any atom is 0.0987 e. The van der Waals surface area contributed by atoms with Crippen LogP contribution < -0.4 is 0 Å². The van der Waals surface area contributed by atoms with Crippen molar-refractivity contribution in [1.82, 2.24) is 0 Å². The lowest BCUT2D eigenvalue weighted by Crippen LogP contribution is -2.46. The fraction of sp³-hybridized carbons (Fsp3) is 0.909. The van der Waals surface area contributed by atoms with E-state index in [1.807, 2.05) is 6.92 Å². The minimum Gasteiger partial charge on any atom is -0.389 e. The second-order valence-corrected chi connectivity index (χ2v) is 4.63. The fourth-order valence-electron chi connectivity index (χ4n) is 2.45. The van der Waals surface area contributed by atoms with Crippen molar-refractivity contribution in [1.29, 1.82) is 5.26 Å². The second-order valence-electron chi connectivity index (χ2n) is 4.63. The van der Waals surface area contributed by atoms with Crippen LogP contribution in [-0.4, -0.2) is 23.4 Å². The molecule has 1 aliphatic carbocycles. The number of ether oxygens (including phenoxy) is 1. The van der Waals surface area contributed by atoms with Crippen molar-refractivity contribution in [3.05, 3.63) is 0 Å². The maximum absolute atomic E-state index is 10.1. The number of aliphatic hydroxyl groups excluding tert-OH is 1. The lowest BCUT2D eigenvalue weighted by Gasteiger charge is -2.41. The summed E-state index contributed by atoms with van der Waals surface area (Å²) in [5.41, 5.74) is -0.491. The van der Waals surface area contributed by atoms with Gasteiger partial charge in [0, 0.05) is 0 Å². The zero-order valence-electron chi connectivity index (χ0n) is 8.57. The van der Waals surface area contributed by atoms with Crippen LogP contribution in [0.25, 0.3) is 0 Å². The van der Waals surface area contributed by atoms with E-state index in [2.05, 4.69) is 6.07 Å². The quantitative estimate of drug-likeness (QED) is 0.728. The highest BCUT2D eigenvalue weighted by Gasteiger charge is 2.48. The van der Waals surface area contributed by atoms with Crippen LogP contribution in [0.2, 0.25) is 0 Å². The fourth-order valence-corrected chi connectivity index (χ4v) is 2.45. The van der Waals surface area contributed by atoms with Crippen molar-refractivity contribution < 1.29 is 9.84 Å². The molecule has 3 unspecified atom stereocenters. The van der Waals surface area contributed by atoms with Crippen molar-refractivity contribution in [2.75, 3.05) is 0 Å². The van der Waals surface area contributed by atoms with Crippen LogP contribution in [-0.2, 0) is 4.74 Å². The van der Waals surface area contributed by atoms with Gasteiger partial charge in [0.25, 0.3) is 0 Å². The third kappa shape index (κ3) is 1.43. The van der Waals surface area contributed by atoms with E-state index in [0.717, 1.165) is 32.1 Å². The van der Waals surface area contributed by atoms with E-state index < -0.39 is 11.5 Å². The van der Waals surface area contributed by atoms with Crippen LogP contribution in [0.4, 0.5) is 0 Å². The summed E-state index contributed by atoms with van der Waals surface area (Å²) in [5, 5.41) is 19.2. The summed E-state index contributed by atoms with van der Waals surface area (Å²) in [6.45, 7) is 2.02. The monoisotopic (exact) mass is 195 g/mol. The zero-order chi connectivity index (χ0) is 10.2. The number of nitriles is 1. The third-order valence-electron chi connectivity index (χ3n) is 3.65. The summed E-state index contributed by atoms with van der Waals surface area (Å²) < 4.78 is 5.61. The van der Waals surface area contributed by atoms with Crippen molar-refractivity contribution >= 4 is 0 Å². The normalized spacial score (nSPS) is 37.2. The van der Waals surface area contributed by atoms with Gasteiger partial charge in [-0.1, -0.05) is 6.42 Å². The lowest BCUT2D eigenvalue weighted by molar-refractivity contribution is -0.0943. The smallest absolute Gasteiger partial charge is 0.0987 e. The van der Waals surface area contributed by atoms with Crippen LogP contribution in [0.15, 0.2) is 0 Å². The lowest BCUT2D eigenvalue weighted by atomic mass is 9.65. The highest BCUT2D eigenvalue weighted by atomic mass is 16.5. The van der Waals surface area contributed by atoms with Crippen molar-refractivity contribution in [3.8, 4) is 6.07 Å². The van der Waals surface area contributed by atoms with E-state index in [-0.39, 0.29) is 12.2 Å².